The molecule has 1 saturated heterocycles. The highest BCUT2D eigenvalue weighted by Crippen LogP contribution is 2.27. The second kappa shape index (κ2) is 4.28. The first-order chi connectivity index (χ1) is 6.49. The van der Waals surface area contributed by atoms with Gasteiger partial charge in [0.05, 0.1) is 0 Å². The van der Waals surface area contributed by atoms with Crippen molar-refractivity contribution in [2.24, 2.45) is 11.7 Å². The number of hydrogen-bond donors (Lipinski definition) is 2. The Kier molecular flexibility index (Phi) is 3.50. The van der Waals surface area contributed by atoms with Crippen LogP contribution in [0.3, 0.4) is 0 Å². The van der Waals surface area contributed by atoms with Gasteiger partial charge in [0.25, 0.3) is 0 Å². The Morgan fingerprint density at radius 1 is 1.64 bits per heavy atom. The van der Waals surface area contributed by atoms with Crippen molar-refractivity contribution < 1.29 is 4.79 Å². The largest absolute Gasteiger partial charge is 0.330 e. The van der Waals surface area contributed by atoms with Gasteiger partial charge in [0.2, 0.25) is 5.91 Å². The maximum atomic E-state index is 11.6. The number of carbonyl (C=O) groups is 1. The Morgan fingerprint density at radius 3 is 2.71 bits per heavy atom. The minimum absolute atomic E-state index is 0.0777. The molecule has 1 heterocycles. The van der Waals surface area contributed by atoms with E-state index in [0.29, 0.717) is 18.9 Å². The fourth-order valence-corrected chi connectivity index (χ4v) is 1.58. The minimum atomic E-state index is -0.0777. The van der Waals surface area contributed by atoms with Crippen molar-refractivity contribution in [3.8, 4) is 0 Å². The Bertz CT molecular complexity index is 217. The molecule has 1 amide bonds. The second-order valence-electron chi connectivity index (χ2n) is 4.55. The molecule has 1 rings (SSSR count). The van der Waals surface area contributed by atoms with E-state index in [9.17, 15) is 4.79 Å². The van der Waals surface area contributed by atoms with Crippen LogP contribution < -0.4 is 11.2 Å². The molecule has 82 valence electrons. The van der Waals surface area contributed by atoms with Crippen molar-refractivity contribution in [1.29, 1.82) is 0 Å². The maximum absolute atomic E-state index is 11.6. The Labute approximate surface area is 85.8 Å². The normalized spacial score (nSPS) is 27.8. The highest BCUT2D eigenvalue weighted by molar-refractivity contribution is 5.79. The summed E-state index contributed by atoms with van der Waals surface area (Å²) in [6.07, 6.45) is 1.45. The summed E-state index contributed by atoms with van der Waals surface area (Å²) in [7, 11) is 0. The van der Waals surface area contributed by atoms with Crippen molar-refractivity contribution in [3.05, 3.63) is 0 Å². The van der Waals surface area contributed by atoms with Crippen molar-refractivity contribution in [3.63, 3.8) is 0 Å². The van der Waals surface area contributed by atoms with Crippen LogP contribution in [-0.4, -0.2) is 29.5 Å². The fraction of sp³-hybridized carbons (Fsp3) is 0.900. The van der Waals surface area contributed by atoms with Crippen LogP contribution in [0.25, 0.3) is 0 Å². The first-order valence-corrected chi connectivity index (χ1v) is 5.28. The summed E-state index contributed by atoms with van der Waals surface area (Å²) >= 11 is 0. The van der Waals surface area contributed by atoms with Gasteiger partial charge in [-0.05, 0) is 25.8 Å². The summed E-state index contributed by atoms with van der Waals surface area (Å²) in [6.45, 7) is 7.71. The molecule has 0 aliphatic carbocycles. The Hall–Kier alpha value is -0.610. The van der Waals surface area contributed by atoms with Crippen LogP contribution in [0.15, 0.2) is 0 Å². The molecule has 3 N–H and O–H groups in total. The van der Waals surface area contributed by atoms with Crippen LogP contribution in [0.4, 0.5) is 0 Å². The summed E-state index contributed by atoms with van der Waals surface area (Å²) in [5.41, 5.74) is 8.62. The third kappa shape index (κ3) is 2.25. The number of carbonyl (C=O) groups excluding carboxylic acids is 1. The van der Waals surface area contributed by atoms with E-state index in [1.54, 1.807) is 5.01 Å². The summed E-state index contributed by atoms with van der Waals surface area (Å²) < 4.78 is 0. The predicted octanol–water partition coefficient (Wildman–Crippen LogP) is 0.487. The van der Waals surface area contributed by atoms with E-state index < -0.39 is 0 Å². The lowest BCUT2D eigenvalue weighted by molar-refractivity contribution is -0.129. The average Bonchev–Trinajstić information content (AvgIpc) is 2.39. The van der Waals surface area contributed by atoms with Gasteiger partial charge in [-0.1, -0.05) is 13.8 Å². The molecule has 0 aromatic rings. The zero-order valence-electron chi connectivity index (χ0n) is 9.34. The SMILES string of the molecule is CC(C)C1(C)CC(=O)N(CCCN)N1. The quantitative estimate of drug-likeness (QED) is 0.692. The van der Waals surface area contributed by atoms with Crippen molar-refractivity contribution in [2.75, 3.05) is 13.1 Å². The number of hydrazine groups is 1. The molecule has 1 fully saturated rings. The molecule has 1 unspecified atom stereocenters. The standard InChI is InChI=1S/C10H21N3O/c1-8(2)10(3)7-9(14)13(12-10)6-4-5-11/h8,12H,4-7,11H2,1-3H3. The molecule has 14 heavy (non-hydrogen) atoms. The van der Waals surface area contributed by atoms with Crippen molar-refractivity contribution in [2.45, 2.75) is 39.2 Å². The van der Waals surface area contributed by atoms with Gasteiger partial charge in [-0.3, -0.25) is 9.80 Å². The molecule has 0 bridgehead atoms. The highest BCUT2D eigenvalue weighted by atomic mass is 16.2. The van der Waals surface area contributed by atoms with Crippen LogP contribution in [0.1, 0.15) is 33.6 Å². The third-order valence-corrected chi connectivity index (χ3v) is 3.07. The lowest BCUT2D eigenvalue weighted by atomic mass is 9.87. The first-order valence-electron chi connectivity index (χ1n) is 5.28. The molecule has 0 radical (unpaired) electrons. The van der Waals surface area contributed by atoms with Gasteiger partial charge in [0, 0.05) is 18.5 Å². The summed E-state index contributed by atoms with van der Waals surface area (Å²) in [4.78, 5) is 11.6. The molecule has 4 heteroatoms. The van der Waals surface area contributed by atoms with Gasteiger partial charge in [0.1, 0.15) is 0 Å². The summed E-state index contributed by atoms with van der Waals surface area (Å²) in [5, 5.41) is 1.72. The topological polar surface area (TPSA) is 58.4 Å². The molecule has 1 aliphatic heterocycles. The molecule has 0 aromatic heterocycles. The summed E-state index contributed by atoms with van der Waals surface area (Å²) in [5.74, 6) is 0.643. The fourth-order valence-electron chi connectivity index (χ4n) is 1.58. The van der Waals surface area contributed by atoms with Crippen molar-refractivity contribution in [1.82, 2.24) is 10.4 Å². The van der Waals surface area contributed by atoms with E-state index in [4.69, 9.17) is 5.73 Å². The zero-order valence-corrected chi connectivity index (χ0v) is 9.34. The maximum Gasteiger partial charge on any atom is 0.238 e. The van der Waals surface area contributed by atoms with Crippen LogP contribution in [0.5, 0.6) is 0 Å². The van der Waals surface area contributed by atoms with Crippen LogP contribution in [0, 0.1) is 5.92 Å². The molecular weight excluding hydrogens is 178 g/mol. The van der Waals surface area contributed by atoms with Crippen LogP contribution in [0.2, 0.25) is 0 Å². The van der Waals surface area contributed by atoms with Gasteiger partial charge < -0.3 is 5.73 Å². The van der Waals surface area contributed by atoms with Gasteiger partial charge in [0.15, 0.2) is 0 Å². The van der Waals surface area contributed by atoms with E-state index in [1.807, 2.05) is 0 Å². The molecule has 4 nitrogen and oxygen atoms in total. The molecular formula is C10H21N3O. The van der Waals surface area contributed by atoms with Crippen LogP contribution >= 0.6 is 0 Å². The Balaban J connectivity index is 2.55. The molecule has 0 aromatic carbocycles. The molecule has 1 aliphatic rings. The van der Waals surface area contributed by atoms with E-state index in [-0.39, 0.29) is 11.4 Å². The van der Waals surface area contributed by atoms with E-state index in [1.165, 1.54) is 0 Å². The Morgan fingerprint density at radius 2 is 2.29 bits per heavy atom. The lowest BCUT2D eigenvalue weighted by Gasteiger charge is -2.29. The number of nitrogens with two attached hydrogens (primary N) is 1. The number of nitrogens with zero attached hydrogens (tertiary/aromatic N) is 1. The zero-order chi connectivity index (χ0) is 10.8. The number of rotatable bonds is 4. The number of hydrogen-bond acceptors (Lipinski definition) is 3. The first kappa shape index (κ1) is 11.5. The number of amides is 1. The monoisotopic (exact) mass is 199 g/mol. The van der Waals surface area contributed by atoms with Gasteiger partial charge >= 0.3 is 0 Å². The van der Waals surface area contributed by atoms with E-state index >= 15 is 0 Å². The third-order valence-electron chi connectivity index (χ3n) is 3.07. The van der Waals surface area contributed by atoms with Gasteiger partial charge in [-0.25, -0.2) is 5.43 Å². The van der Waals surface area contributed by atoms with Gasteiger partial charge in [-0.15, -0.1) is 0 Å². The van der Waals surface area contributed by atoms with E-state index in [0.717, 1.165) is 13.0 Å². The van der Waals surface area contributed by atoms with Crippen molar-refractivity contribution >= 4 is 5.91 Å². The number of nitrogens with one attached hydrogen (secondary N) is 1. The summed E-state index contributed by atoms with van der Waals surface area (Å²) in [6, 6.07) is 0. The molecule has 0 spiro atoms. The van der Waals surface area contributed by atoms with Gasteiger partial charge in [-0.2, -0.15) is 0 Å². The highest BCUT2D eigenvalue weighted by Gasteiger charge is 2.40. The molecule has 0 saturated carbocycles. The predicted molar refractivity (Wildman–Crippen MR) is 56.4 cm³/mol. The van der Waals surface area contributed by atoms with E-state index in [2.05, 4.69) is 26.2 Å². The second-order valence-corrected chi connectivity index (χ2v) is 4.55. The minimum Gasteiger partial charge on any atom is -0.330 e. The smallest absolute Gasteiger partial charge is 0.238 e. The van der Waals surface area contributed by atoms with Crippen LogP contribution in [-0.2, 0) is 4.79 Å². The lowest BCUT2D eigenvalue weighted by Crippen LogP contribution is -2.48. The molecule has 1 atom stereocenters. The average molecular weight is 199 g/mol.